The molecule has 1 heterocycles. The van der Waals surface area contributed by atoms with Gasteiger partial charge in [-0.3, -0.25) is 4.79 Å². The molecular formula is C22H24N4O2. The normalized spacial score (nSPS) is 10.4. The smallest absolute Gasteiger partial charge is 0.270 e. The Morgan fingerprint density at radius 1 is 1.04 bits per heavy atom. The molecule has 0 saturated heterocycles. The summed E-state index contributed by atoms with van der Waals surface area (Å²) in [7, 11) is 1.64. The number of aromatic nitrogens is 2. The average Bonchev–Trinajstić information content (AvgIpc) is 2.67. The van der Waals surface area contributed by atoms with Crippen molar-refractivity contribution in [2.24, 2.45) is 0 Å². The first kappa shape index (κ1) is 19.4. The molecule has 1 aromatic heterocycles. The summed E-state index contributed by atoms with van der Waals surface area (Å²) in [4.78, 5) is 21.2. The number of aryl methyl sites for hydroxylation is 2. The molecule has 0 aliphatic heterocycles. The third-order valence-corrected chi connectivity index (χ3v) is 4.19. The predicted octanol–water partition coefficient (Wildman–Crippen LogP) is 3.82. The number of ether oxygens (including phenoxy) is 1. The molecule has 2 aromatic carbocycles. The summed E-state index contributed by atoms with van der Waals surface area (Å²) in [5.41, 5.74) is 4.18. The van der Waals surface area contributed by atoms with Gasteiger partial charge in [-0.1, -0.05) is 24.3 Å². The molecule has 0 atom stereocenters. The van der Waals surface area contributed by atoms with Crippen molar-refractivity contribution in [3.8, 4) is 5.75 Å². The summed E-state index contributed by atoms with van der Waals surface area (Å²) in [6.07, 6.45) is 0.710. The van der Waals surface area contributed by atoms with Crippen LogP contribution in [0.4, 0.5) is 11.6 Å². The van der Waals surface area contributed by atoms with Crippen LogP contribution in [-0.2, 0) is 6.42 Å². The van der Waals surface area contributed by atoms with Gasteiger partial charge >= 0.3 is 0 Å². The Balaban J connectivity index is 1.63. The van der Waals surface area contributed by atoms with E-state index in [0.29, 0.717) is 24.6 Å². The lowest BCUT2D eigenvalue weighted by molar-refractivity contribution is 0.0949. The molecule has 144 valence electrons. The lowest BCUT2D eigenvalue weighted by Gasteiger charge is -2.10. The summed E-state index contributed by atoms with van der Waals surface area (Å²) in [6, 6.07) is 17.4. The first-order valence-corrected chi connectivity index (χ1v) is 9.14. The highest BCUT2D eigenvalue weighted by Crippen LogP contribution is 2.16. The molecule has 0 aliphatic rings. The Bertz CT molecular complexity index is 972. The zero-order valence-electron chi connectivity index (χ0n) is 16.3. The second-order valence-electron chi connectivity index (χ2n) is 6.57. The maximum atomic E-state index is 12.5. The zero-order chi connectivity index (χ0) is 19.9. The van der Waals surface area contributed by atoms with Gasteiger partial charge in [-0.25, -0.2) is 9.97 Å². The summed E-state index contributed by atoms with van der Waals surface area (Å²) in [6.45, 7) is 4.37. The monoisotopic (exact) mass is 376 g/mol. The number of hydrogen-bond donors (Lipinski definition) is 2. The lowest BCUT2D eigenvalue weighted by Crippen LogP contribution is -2.27. The molecule has 0 bridgehead atoms. The quantitative estimate of drug-likeness (QED) is 0.656. The molecule has 0 unspecified atom stereocenters. The van der Waals surface area contributed by atoms with Crippen molar-refractivity contribution >= 4 is 17.5 Å². The Labute approximate surface area is 165 Å². The van der Waals surface area contributed by atoms with Crippen molar-refractivity contribution in [3.63, 3.8) is 0 Å². The summed E-state index contributed by atoms with van der Waals surface area (Å²) >= 11 is 0. The number of benzene rings is 2. The molecule has 0 fully saturated rings. The number of anilines is 2. The fraction of sp³-hybridized carbons (Fsp3) is 0.227. The van der Waals surface area contributed by atoms with Crippen molar-refractivity contribution in [3.05, 3.63) is 77.1 Å². The van der Waals surface area contributed by atoms with Crippen LogP contribution >= 0.6 is 0 Å². The molecule has 28 heavy (non-hydrogen) atoms. The first-order valence-electron chi connectivity index (χ1n) is 9.14. The van der Waals surface area contributed by atoms with Crippen LogP contribution in [0.25, 0.3) is 0 Å². The SMILES string of the molecule is COc1cccc(CCNC(=O)c2cc(C)nc(Nc3cccc(C)c3)n2)c1. The highest BCUT2D eigenvalue weighted by Gasteiger charge is 2.11. The van der Waals surface area contributed by atoms with E-state index >= 15 is 0 Å². The second-order valence-corrected chi connectivity index (χ2v) is 6.57. The number of rotatable bonds is 7. The summed E-state index contributed by atoms with van der Waals surface area (Å²) in [5, 5.41) is 6.07. The van der Waals surface area contributed by atoms with Gasteiger partial charge in [-0.05, 0) is 61.7 Å². The van der Waals surface area contributed by atoms with Gasteiger partial charge in [0.15, 0.2) is 0 Å². The number of carbonyl (C=O) groups is 1. The van der Waals surface area contributed by atoms with Crippen LogP contribution in [0.3, 0.4) is 0 Å². The molecular weight excluding hydrogens is 352 g/mol. The molecule has 0 aliphatic carbocycles. The number of hydrogen-bond acceptors (Lipinski definition) is 5. The first-order chi connectivity index (χ1) is 13.5. The van der Waals surface area contributed by atoms with Crippen molar-refractivity contribution < 1.29 is 9.53 Å². The maximum absolute atomic E-state index is 12.5. The third kappa shape index (κ3) is 5.30. The van der Waals surface area contributed by atoms with Crippen LogP contribution in [0.15, 0.2) is 54.6 Å². The van der Waals surface area contributed by atoms with Crippen LogP contribution in [-0.4, -0.2) is 29.5 Å². The fourth-order valence-electron chi connectivity index (χ4n) is 2.83. The molecule has 0 saturated carbocycles. The maximum Gasteiger partial charge on any atom is 0.270 e. The van der Waals surface area contributed by atoms with Crippen molar-refractivity contribution in [1.29, 1.82) is 0 Å². The number of amides is 1. The number of nitrogens with one attached hydrogen (secondary N) is 2. The van der Waals surface area contributed by atoms with Gasteiger partial charge in [-0.15, -0.1) is 0 Å². The van der Waals surface area contributed by atoms with Crippen LogP contribution in [0.5, 0.6) is 5.75 Å². The predicted molar refractivity (Wildman–Crippen MR) is 110 cm³/mol. The Hall–Kier alpha value is -3.41. The molecule has 6 heteroatoms. The van der Waals surface area contributed by atoms with E-state index in [1.165, 1.54) is 0 Å². The largest absolute Gasteiger partial charge is 0.497 e. The van der Waals surface area contributed by atoms with Crippen LogP contribution in [0, 0.1) is 13.8 Å². The van der Waals surface area contributed by atoms with E-state index < -0.39 is 0 Å². The van der Waals surface area contributed by atoms with Crippen LogP contribution in [0.2, 0.25) is 0 Å². The van der Waals surface area contributed by atoms with E-state index in [-0.39, 0.29) is 5.91 Å². The molecule has 0 radical (unpaired) electrons. The molecule has 0 spiro atoms. The zero-order valence-corrected chi connectivity index (χ0v) is 16.3. The van der Waals surface area contributed by atoms with Gasteiger partial charge in [0.1, 0.15) is 11.4 Å². The van der Waals surface area contributed by atoms with Gasteiger partial charge < -0.3 is 15.4 Å². The van der Waals surface area contributed by atoms with Gasteiger partial charge in [0.05, 0.1) is 7.11 Å². The van der Waals surface area contributed by atoms with Gasteiger partial charge in [0, 0.05) is 17.9 Å². The van der Waals surface area contributed by atoms with E-state index in [9.17, 15) is 4.79 Å². The lowest BCUT2D eigenvalue weighted by atomic mass is 10.1. The van der Waals surface area contributed by atoms with E-state index in [0.717, 1.165) is 28.3 Å². The summed E-state index contributed by atoms with van der Waals surface area (Å²) < 4.78 is 5.22. The third-order valence-electron chi connectivity index (χ3n) is 4.19. The average molecular weight is 376 g/mol. The highest BCUT2D eigenvalue weighted by molar-refractivity contribution is 5.92. The van der Waals surface area contributed by atoms with Gasteiger partial charge in [-0.2, -0.15) is 0 Å². The molecule has 1 amide bonds. The molecule has 2 N–H and O–H groups in total. The van der Waals surface area contributed by atoms with Gasteiger partial charge in [0.2, 0.25) is 5.95 Å². The summed E-state index contributed by atoms with van der Waals surface area (Å²) in [5.74, 6) is 0.992. The second kappa shape index (κ2) is 8.99. The minimum Gasteiger partial charge on any atom is -0.497 e. The van der Waals surface area contributed by atoms with Crippen molar-refractivity contribution in [2.45, 2.75) is 20.3 Å². The Kier molecular flexibility index (Phi) is 6.22. The van der Waals surface area contributed by atoms with E-state index in [1.54, 1.807) is 13.2 Å². The number of methoxy groups -OCH3 is 1. The van der Waals surface area contributed by atoms with E-state index in [4.69, 9.17) is 4.74 Å². The highest BCUT2D eigenvalue weighted by atomic mass is 16.5. The number of nitrogens with zero attached hydrogens (tertiary/aromatic N) is 2. The van der Waals surface area contributed by atoms with E-state index in [1.807, 2.05) is 62.4 Å². The standard InChI is InChI=1S/C22H24N4O2/c1-15-6-4-8-18(12-15)25-22-24-16(2)13-20(26-22)21(27)23-11-10-17-7-5-9-19(14-17)28-3/h4-9,12-14H,10-11H2,1-3H3,(H,23,27)(H,24,25,26). The number of carbonyl (C=O) groups excluding carboxylic acids is 1. The Morgan fingerprint density at radius 2 is 1.86 bits per heavy atom. The van der Waals surface area contributed by atoms with Crippen LogP contribution < -0.4 is 15.4 Å². The Morgan fingerprint density at radius 3 is 2.64 bits per heavy atom. The van der Waals surface area contributed by atoms with Gasteiger partial charge in [0.25, 0.3) is 5.91 Å². The van der Waals surface area contributed by atoms with Crippen molar-refractivity contribution in [2.75, 3.05) is 19.0 Å². The molecule has 3 rings (SSSR count). The minimum absolute atomic E-state index is 0.222. The van der Waals surface area contributed by atoms with Crippen molar-refractivity contribution in [1.82, 2.24) is 15.3 Å². The fourth-order valence-corrected chi connectivity index (χ4v) is 2.83. The van der Waals surface area contributed by atoms with E-state index in [2.05, 4.69) is 20.6 Å². The van der Waals surface area contributed by atoms with Crippen LogP contribution in [0.1, 0.15) is 27.3 Å². The molecule has 6 nitrogen and oxygen atoms in total. The minimum atomic E-state index is -0.222. The topological polar surface area (TPSA) is 76.1 Å². The molecule has 3 aromatic rings.